The van der Waals surface area contributed by atoms with E-state index in [-0.39, 0.29) is 30.9 Å². The summed E-state index contributed by atoms with van der Waals surface area (Å²) in [7, 11) is 3.05. The number of aliphatic hydroxyl groups excluding tert-OH is 1. The van der Waals surface area contributed by atoms with Crippen LogP contribution in [-0.4, -0.2) is 74.0 Å². The number of benzene rings is 2. The highest BCUT2D eigenvalue weighted by molar-refractivity contribution is 5.91. The molecular formula is C28H35N5O6. The molecule has 0 spiro atoms. The van der Waals surface area contributed by atoms with E-state index in [1.807, 2.05) is 24.3 Å². The van der Waals surface area contributed by atoms with E-state index in [9.17, 15) is 14.7 Å². The number of hydrogen-bond acceptors (Lipinski definition) is 10. The molecule has 11 heteroatoms. The molecule has 2 heterocycles. The number of para-hydroxylation sites is 1. The maximum atomic E-state index is 12.6. The summed E-state index contributed by atoms with van der Waals surface area (Å²) in [6.07, 6.45) is 0.624. The fourth-order valence-corrected chi connectivity index (χ4v) is 4.64. The van der Waals surface area contributed by atoms with Gasteiger partial charge in [-0.25, -0.2) is 4.98 Å². The number of aromatic nitrogens is 2. The van der Waals surface area contributed by atoms with Gasteiger partial charge in [0.25, 0.3) is 0 Å². The number of nitrogens with zero attached hydrogens (tertiary/aromatic N) is 3. The maximum absolute atomic E-state index is 12.6. The lowest BCUT2D eigenvalue weighted by molar-refractivity contribution is -0.148. The van der Waals surface area contributed by atoms with Gasteiger partial charge in [-0.15, -0.1) is 0 Å². The van der Waals surface area contributed by atoms with Gasteiger partial charge >= 0.3 is 5.97 Å². The fraction of sp³-hybridized carbons (Fsp3) is 0.429. The number of methoxy groups -OCH3 is 2. The molecule has 0 radical (unpaired) electrons. The Labute approximate surface area is 227 Å². The van der Waals surface area contributed by atoms with Crippen molar-refractivity contribution >= 4 is 34.5 Å². The normalized spacial score (nSPS) is 15.9. The largest absolute Gasteiger partial charge is 0.497 e. The molecule has 2 unspecified atom stereocenters. The van der Waals surface area contributed by atoms with Crippen molar-refractivity contribution in [3.05, 3.63) is 48.0 Å². The van der Waals surface area contributed by atoms with E-state index in [0.717, 1.165) is 30.3 Å². The summed E-state index contributed by atoms with van der Waals surface area (Å²) in [6, 6.07) is 12.8. The number of carbonyl (C=O) groups excluding carboxylic acids is 2. The Kier molecular flexibility index (Phi) is 9.37. The van der Waals surface area contributed by atoms with Crippen LogP contribution in [0.3, 0.4) is 0 Å². The van der Waals surface area contributed by atoms with Crippen molar-refractivity contribution in [2.24, 2.45) is 5.92 Å². The second-order valence-corrected chi connectivity index (χ2v) is 9.21. The monoisotopic (exact) mass is 537 g/mol. The minimum Gasteiger partial charge on any atom is -0.497 e. The highest BCUT2D eigenvalue weighted by atomic mass is 16.5. The molecule has 1 fully saturated rings. The molecule has 1 aromatic heterocycles. The zero-order valence-corrected chi connectivity index (χ0v) is 22.5. The van der Waals surface area contributed by atoms with Crippen molar-refractivity contribution in [1.29, 1.82) is 0 Å². The van der Waals surface area contributed by atoms with E-state index >= 15 is 0 Å². The first-order valence-corrected chi connectivity index (χ1v) is 13.0. The number of amides is 1. The molecule has 2 atom stereocenters. The zero-order valence-electron chi connectivity index (χ0n) is 22.5. The van der Waals surface area contributed by atoms with Gasteiger partial charge in [-0.1, -0.05) is 12.1 Å². The van der Waals surface area contributed by atoms with Crippen LogP contribution < -0.4 is 25.0 Å². The first-order valence-electron chi connectivity index (χ1n) is 13.0. The number of anilines is 2. The van der Waals surface area contributed by atoms with E-state index in [1.54, 1.807) is 25.1 Å². The summed E-state index contributed by atoms with van der Waals surface area (Å²) in [5.74, 6) is 1.33. The number of fused-ring (bicyclic) bond motifs is 1. The van der Waals surface area contributed by atoms with Gasteiger partial charge in [-0.05, 0) is 50.1 Å². The molecule has 0 bridgehead atoms. The minimum absolute atomic E-state index is 0.0170. The molecule has 208 valence electrons. The Balaban J connectivity index is 1.42. The summed E-state index contributed by atoms with van der Waals surface area (Å²) in [6.45, 7) is 3.31. The van der Waals surface area contributed by atoms with E-state index in [4.69, 9.17) is 19.2 Å². The predicted molar refractivity (Wildman–Crippen MR) is 147 cm³/mol. The van der Waals surface area contributed by atoms with Gasteiger partial charge in [0.2, 0.25) is 11.9 Å². The van der Waals surface area contributed by atoms with Gasteiger partial charge in [-0.3, -0.25) is 9.59 Å². The lowest BCUT2D eigenvalue weighted by Crippen LogP contribution is -2.40. The number of aliphatic hydroxyl groups is 1. The van der Waals surface area contributed by atoms with Gasteiger partial charge in [-0.2, -0.15) is 4.98 Å². The summed E-state index contributed by atoms with van der Waals surface area (Å²) < 4.78 is 15.8. The van der Waals surface area contributed by atoms with Gasteiger partial charge in [0, 0.05) is 30.6 Å². The number of esters is 1. The van der Waals surface area contributed by atoms with Crippen molar-refractivity contribution in [3.63, 3.8) is 0 Å². The fourth-order valence-electron chi connectivity index (χ4n) is 4.64. The third-order valence-electron chi connectivity index (χ3n) is 6.62. The van der Waals surface area contributed by atoms with E-state index < -0.39 is 6.10 Å². The van der Waals surface area contributed by atoms with Crippen LogP contribution in [0.4, 0.5) is 11.8 Å². The summed E-state index contributed by atoms with van der Waals surface area (Å²) in [5, 5.41) is 17.2. The zero-order chi connectivity index (χ0) is 27.8. The molecule has 39 heavy (non-hydrogen) atoms. The van der Waals surface area contributed by atoms with Crippen LogP contribution in [-0.2, 0) is 14.3 Å². The molecule has 11 nitrogen and oxygen atoms in total. The number of hydrogen-bond donors (Lipinski definition) is 3. The van der Waals surface area contributed by atoms with Crippen molar-refractivity contribution < 1.29 is 28.9 Å². The van der Waals surface area contributed by atoms with Crippen LogP contribution in [0.5, 0.6) is 11.5 Å². The van der Waals surface area contributed by atoms with Gasteiger partial charge in [0.1, 0.15) is 17.3 Å². The van der Waals surface area contributed by atoms with Crippen molar-refractivity contribution in [2.75, 3.05) is 57.2 Å². The Morgan fingerprint density at radius 1 is 1.15 bits per heavy atom. The minimum atomic E-state index is -0.992. The van der Waals surface area contributed by atoms with Gasteiger partial charge < -0.3 is 34.9 Å². The number of nitrogens with one attached hydrogen (secondary N) is 2. The molecule has 2 aromatic carbocycles. The van der Waals surface area contributed by atoms with Crippen LogP contribution in [0.2, 0.25) is 0 Å². The van der Waals surface area contributed by atoms with Crippen LogP contribution in [0.25, 0.3) is 10.9 Å². The third-order valence-corrected chi connectivity index (χ3v) is 6.62. The molecule has 1 aliphatic rings. The standard InChI is InChI=1S/C28H35N5O6/c1-4-39-27(36)18-8-7-13-33(17-18)26-20-9-5-6-10-22(20)31-28(32-26)30-16-25(35)29-15-23(34)21-14-19(37-2)11-12-24(21)38-3/h5-6,9-12,14,18,23,34H,4,7-8,13,15-17H2,1-3H3,(H,29,35)(H,30,31,32). The first-order chi connectivity index (χ1) is 18.9. The summed E-state index contributed by atoms with van der Waals surface area (Å²) in [4.78, 5) is 36.3. The van der Waals surface area contributed by atoms with E-state index in [2.05, 4.69) is 20.5 Å². The SMILES string of the molecule is CCOC(=O)C1CCCN(c2nc(NCC(=O)NCC(O)c3cc(OC)ccc3OC)nc3ccccc23)C1. The lowest BCUT2D eigenvalue weighted by atomic mass is 9.98. The van der Waals surface area contributed by atoms with Crippen LogP contribution >= 0.6 is 0 Å². The number of carbonyl (C=O) groups is 2. The van der Waals surface area contributed by atoms with Crippen LogP contribution in [0.1, 0.15) is 31.4 Å². The second-order valence-electron chi connectivity index (χ2n) is 9.21. The van der Waals surface area contributed by atoms with Crippen LogP contribution in [0, 0.1) is 5.92 Å². The van der Waals surface area contributed by atoms with Gasteiger partial charge in [0.05, 0.1) is 44.9 Å². The molecule has 1 aliphatic heterocycles. The molecule has 3 aromatic rings. The molecule has 1 amide bonds. The average molecular weight is 538 g/mol. The Hall–Kier alpha value is -4.12. The molecular weight excluding hydrogens is 502 g/mol. The van der Waals surface area contributed by atoms with E-state index in [1.165, 1.54) is 14.2 Å². The Bertz CT molecular complexity index is 1300. The van der Waals surface area contributed by atoms with Crippen LogP contribution in [0.15, 0.2) is 42.5 Å². The Morgan fingerprint density at radius 3 is 2.74 bits per heavy atom. The highest BCUT2D eigenvalue weighted by Crippen LogP contribution is 2.30. The number of rotatable bonds is 11. The van der Waals surface area contributed by atoms with Gasteiger partial charge in [0.15, 0.2) is 0 Å². The molecule has 4 rings (SSSR count). The quantitative estimate of drug-likeness (QED) is 0.313. The molecule has 1 saturated heterocycles. The maximum Gasteiger partial charge on any atom is 0.310 e. The number of piperidine rings is 1. The Morgan fingerprint density at radius 2 is 1.97 bits per heavy atom. The molecule has 0 aliphatic carbocycles. The highest BCUT2D eigenvalue weighted by Gasteiger charge is 2.29. The third kappa shape index (κ3) is 6.85. The van der Waals surface area contributed by atoms with Crippen molar-refractivity contribution in [1.82, 2.24) is 15.3 Å². The van der Waals surface area contributed by atoms with Crippen molar-refractivity contribution in [3.8, 4) is 11.5 Å². The lowest BCUT2D eigenvalue weighted by Gasteiger charge is -2.33. The van der Waals surface area contributed by atoms with E-state index in [0.29, 0.717) is 42.0 Å². The predicted octanol–water partition coefficient (Wildman–Crippen LogP) is 2.69. The molecule has 3 N–H and O–H groups in total. The summed E-state index contributed by atoms with van der Waals surface area (Å²) >= 11 is 0. The number of ether oxygens (including phenoxy) is 3. The second kappa shape index (κ2) is 13.1. The first kappa shape index (κ1) is 27.9. The summed E-state index contributed by atoms with van der Waals surface area (Å²) in [5.41, 5.74) is 1.24. The molecule has 0 saturated carbocycles. The smallest absolute Gasteiger partial charge is 0.310 e. The average Bonchev–Trinajstić information content (AvgIpc) is 2.98. The topological polar surface area (TPSA) is 135 Å². The van der Waals surface area contributed by atoms with Crippen molar-refractivity contribution in [2.45, 2.75) is 25.9 Å².